The van der Waals surface area contributed by atoms with Crippen molar-refractivity contribution in [3.8, 4) is 23.1 Å². The molecule has 0 spiro atoms. The third kappa shape index (κ3) is 5.49. The number of nitrogens with one attached hydrogen (secondary N) is 2. The van der Waals surface area contributed by atoms with Crippen LogP contribution in [0.15, 0.2) is 30.3 Å². The van der Waals surface area contributed by atoms with Crippen molar-refractivity contribution in [1.29, 1.82) is 0 Å². The summed E-state index contributed by atoms with van der Waals surface area (Å²) in [5.74, 6) is -0.389. The summed E-state index contributed by atoms with van der Waals surface area (Å²) in [7, 11) is 3.04. The maximum atomic E-state index is 13.1. The minimum Gasteiger partial charge on any atom is -0.508 e. The second kappa shape index (κ2) is 10.4. The summed E-state index contributed by atoms with van der Waals surface area (Å²) in [5.41, 5.74) is 2.12. The average molecular weight is 482 g/mol. The van der Waals surface area contributed by atoms with Crippen molar-refractivity contribution in [2.75, 3.05) is 39.2 Å². The van der Waals surface area contributed by atoms with E-state index < -0.39 is 5.97 Å². The number of carbonyl (C=O) groups excluding carboxylic acids is 1. The molecule has 3 heterocycles. The number of benzene rings is 1. The molecule has 2 aromatic heterocycles. The molecule has 0 aliphatic carbocycles. The van der Waals surface area contributed by atoms with Crippen molar-refractivity contribution in [1.82, 2.24) is 25.1 Å². The summed E-state index contributed by atoms with van der Waals surface area (Å²) < 4.78 is 10.6. The van der Waals surface area contributed by atoms with E-state index >= 15 is 0 Å². The van der Waals surface area contributed by atoms with Gasteiger partial charge in [-0.05, 0) is 42.2 Å². The van der Waals surface area contributed by atoms with Crippen LogP contribution >= 0.6 is 0 Å². The Morgan fingerprint density at radius 1 is 1.23 bits per heavy atom. The van der Waals surface area contributed by atoms with Crippen molar-refractivity contribution in [3.05, 3.63) is 47.2 Å². The molecule has 1 saturated heterocycles. The van der Waals surface area contributed by atoms with Crippen LogP contribution < -0.4 is 10.1 Å². The van der Waals surface area contributed by atoms with Crippen LogP contribution in [-0.4, -0.2) is 87.1 Å². The van der Waals surface area contributed by atoms with Gasteiger partial charge in [0.2, 0.25) is 0 Å². The molecule has 1 fully saturated rings. The van der Waals surface area contributed by atoms with Crippen molar-refractivity contribution < 1.29 is 29.3 Å². The van der Waals surface area contributed by atoms with Gasteiger partial charge in [0, 0.05) is 20.2 Å². The van der Waals surface area contributed by atoms with Gasteiger partial charge in [0.05, 0.1) is 13.2 Å². The number of imidazole rings is 1. The van der Waals surface area contributed by atoms with Crippen LogP contribution in [0.2, 0.25) is 0 Å². The molecule has 0 radical (unpaired) electrons. The molecule has 184 valence electrons. The van der Waals surface area contributed by atoms with Gasteiger partial charge in [-0.25, -0.2) is 0 Å². The number of anilines is 1. The minimum atomic E-state index is -1.04. The number of hydrogen-bond donors (Lipinski definition) is 4. The standard InChI is InChI=1S/C23H26N6O6/c1-34-16-7-8-29(12-16)23(33)17-10-14(9-13-3-5-15(30)6-4-13)19(28-27-17)20-25-21(22(26-20)35-2)24-11-18(31)32/h3-6,10,16,24,30H,7-9,11-12H2,1-2H3,(H,25,26)(H,31,32). The fourth-order valence-electron chi connectivity index (χ4n) is 3.87. The van der Waals surface area contributed by atoms with Gasteiger partial charge in [-0.3, -0.25) is 9.59 Å². The fraction of sp³-hybridized carbons (Fsp3) is 0.348. The number of phenolic OH excluding ortho intramolecular Hbond substituents is 1. The second-order valence-electron chi connectivity index (χ2n) is 8.06. The lowest BCUT2D eigenvalue weighted by molar-refractivity contribution is -0.134. The lowest BCUT2D eigenvalue weighted by Crippen LogP contribution is -2.31. The van der Waals surface area contributed by atoms with Crippen molar-refractivity contribution >= 4 is 17.7 Å². The molecule has 4 rings (SSSR count). The zero-order valence-corrected chi connectivity index (χ0v) is 19.3. The number of aromatic amines is 1. The summed E-state index contributed by atoms with van der Waals surface area (Å²) in [6.45, 7) is 0.720. The molecule has 1 amide bonds. The highest BCUT2D eigenvalue weighted by Gasteiger charge is 2.29. The topological polar surface area (TPSA) is 163 Å². The number of carboxylic acids is 1. The molecule has 12 nitrogen and oxygen atoms in total. The van der Waals surface area contributed by atoms with Crippen LogP contribution in [0.25, 0.3) is 11.5 Å². The largest absolute Gasteiger partial charge is 0.508 e. The lowest BCUT2D eigenvalue weighted by atomic mass is 10.0. The van der Waals surface area contributed by atoms with Gasteiger partial charge in [-0.2, -0.15) is 4.98 Å². The van der Waals surface area contributed by atoms with E-state index in [0.29, 0.717) is 36.6 Å². The van der Waals surface area contributed by atoms with Gasteiger partial charge in [0.25, 0.3) is 11.8 Å². The maximum Gasteiger partial charge on any atom is 0.322 e. The first-order valence-electron chi connectivity index (χ1n) is 10.9. The zero-order chi connectivity index (χ0) is 24.9. The van der Waals surface area contributed by atoms with Crippen molar-refractivity contribution in [3.63, 3.8) is 0 Å². The van der Waals surface area contributed by atoms with E-state index in [0.717, 1.165) is 12.0 Å². The monoisotopic (exact) mass is 482 g/mol. The number of H-pyrrole nitrogens is 1. The van der Waals surface area contributed by atoms with E-state index in [1.807, 2.05) is 0 Å². The number of rotatable bonds is 9. The van der Waals surface area contributed by atoms with E-state index in [-0.39, 0.29) is 41.7 Å². The fourth-order valence-corrected chi connectivity index (χ4v) is 3.87. The van der Waals surface area contributed by atoms with Gasteiger partial charge in [0.1, 0.15) is 18.0 Å². The van der Waals surface area contributed by atoms with Crippen LogP contribution in [0.5, 0.6) is 11.6 Å². The molecule has 1 aliphatic rings. The number of aromatic hydroxyl groups is 1. The van der Waals surface area contributed by atoms with Gasteiger partial charge in [0.15, 0.2) is 17.3 Å². The number of likely N-dealkylation sites (tertiary alicyclic amines) is 1. The van der Waals surface area contributed by atoms with E-state index in [4.69, 9.17) is 14.6 Å². The summed E-state index contributed by atoms with van der Waals surface area (Å²) in [6, 6.07) is 8.38. The summed E-state index contributed by atoms with van der Waals surface area (Å²) in [5, 5.41) is 29.8. The number of aliphatic carboxylic acids is 1. The Bertz CT molecular complexity index is 1210. The highest BCUT2D eigenvalue weighted by atomic mass is 16.5. The Labute approximate surface area is 200 Å². The van der Waals surface area contributed by atoms with Gasteiger partial charge < -0.3 is 34.9 Å². The highest BCUT2D eigenvalue weighted by molar-refractivity contribution is 5.93. The molecule has 3 aromatic rings. The smallest absolute Gasteiger partial charge is 0.322 e. The van der Waals surface area contributed by atoms with Crippen LogP contribution in [0, 0.1) is 0 Å². The molecule has 12 heteroatoms. The third-order valence-electron chi connectivity index (χ3n) is 5.69. The molecule has 1 aromatic carbocycles. The van der Waals surface area contributed by atoms with E-state index in [1.165, 1.54) is 7.11 Å². The normalized spacial score (nSPS) is 15.3. The van der Waals surface area contributed by atoms with Crippen LogP contribution in [-0.2, 0) is 16.0 Å². The summed E-state index contributed by atoms with van der Waals surface area (Å²) in [4.78, 5) is 33.1. The minimum absolute atomic E-state index is 0.00467. The number of nitrogens with zero attached hydrogens (tertiary/aromatic N) is 4. The SMILES string of the molecule is COc1nc(-c2nnc(C(=O)N3CCC(OC)C3)cc2Cc2ccc(O)cc2)[nH]c1NCC(=O)O. The zero-order valence-electron chi connectivity index (χ0n) is 19.3. The third-order valence-corrected chi connectivity index (χ3v) is 5.69. The Morgan fingerprint density at radius 3 is 2.66 bits per heavy atom. The number of carbonyl (C=O) groups is 2. The summed E-state index contributed by atoms with van der Waals surface area (Å²) >= 11 is 0. The predicted molar refractivity (Wildman–Crippen MR) is 125 cm³/mol. The number of ether oxygens (including phenoxy) is 2. The van der Waals surface area contributed by atoms with Crippen molar-refractivity contribution in [2.24, 2.45) is 0 Å². The highest BCUT2D eigenvalue weighted by Crippen LogP contribution is 2.29. The number of carboxylic acid groups (broad SMARTS) is 1. The molecular formula is C23H26N6O6. The number of aromatic nitrogens is 4. The number of amides is 1. The van der Waals surface area contributed by atoms with Crippen LogP contribution in [0.3, 0.4) is 0 Å². The van der Waals surface area contributed by atoms with Gasteiger partial charge >= 0.3 is 5.97 Å². The Morgan fingerprint density at radius 2 is 2.00 bits per heavy atom. The first-order valence-corrected chi connectivity index (χ1v) is 10.9. The van der Waals surface area contributed by atoms with E-state index in [1.54, 1.807) is 42.3 Å². The summed E-state index contributed by atoms with van der Waals surface area (Å²) in [6.07, 6.45) is 1.13. The van der Waals surface area contributed by atoms with E-state index in [2.05, 4.69) is 25.5 Å². The predicted octanol–water partition coefficient (Wildman–Crippen LogP) is 1.53. The van der Waals surface area contributed by atoms with Gasteiger partial charge in [-0.15, -0.1) is 10.2 Å². The number of hydrogen-bond acceptors (Lipinski definition) is 9. The molecule has 0 saturated carbocycles. The second-order valence-corrected chi connectivity index (χ2v) is 8.06. The van der Waals surface area contributed by atoms with Crippen LogP contribution in [0.4, 0.5) is 5.82 Å². The average Bonchev–Trinajstić information content (AvgIpc) is 3.50. The lowest BCUT2D eigenvalue weighted by Gasteiger charge is -2.16. The molecule has 35 heavy (non-hydrogen) atoms. The Balaban J connectivity index is 1.70. The number of phenols is 1. The first-order chi connectivity index (χ1) is 16.9. The van der Waals surface area contributed by atoms with Crippen LogP contribution in [0.1, 0.15) is 28.0 Å². The van der Waals surface area contributed by atoms with Crippen molar-refractivity contribution in [2.45, 2.75) is 18.9 Å². The van der Waals surface area contributed by atoms with E-state index in [9.17, 15) is 14.7 Å². The van der Waals surface area contributed by atoms with Gasteiger partial charge in [-0.1, -0.05) is 12.1 Å². The maximum absolute atomic E-state index is 13.1. The first kappa shape index (κ1) is 24.0. The quantitative estimate of drug-likeness (QED) is 0.352. The Kier molecular flexibility index (Phi) is 7.11. The molecular weight excluding hydrogens is 456 g/mol. The Hall–Kier alpha value is -4.19. The number of methoxy groups -OCH3 is 2. The molecule has 1 unspecified atom stereocenters. The molecule has 0 bridgehead atoms. The molecule has 1 atom stereocenters. The molecule has 4 N–H and O–H groups in total. The molecule has 1 aliphatic heterocycles.